The van der Waals surface area contributed by atoms with Crippen molar-refractivity contribution < 1.29 is 28.2 Å². The number of ketones is 1. The minimum Gasteiger partial charge on any atom is -0.457 e. The SMILES string of the molecule is CC(C)(c1ccccc1)c1ccc(Oc2ccc(N3C[C@@H](C(=O)O[C@H](CCCl)C(=O)c4ccc(F)cc4)CC3=O)cc2)cc1. The number of esters is 1. The van der Waals surface area contributed by atoms with E-state index in [0.29, 0.717) is 17.2 Å². The van der Waals surface area contributed by atoms with Crippen molar-refractivity contribution in [2.45, 2.75) is 38.2 Å². The van der Waals surface area contributed by atoms with Gasteiger partial charge in [-0.1, -0.05) is 56.3 Å². The zero-order valence-electron chi connectivity index (χ0n) is 24.5. The summed E-state index contributed by atoms with van der Waals surface area (Å²) in [5, 5.41) is 0. The minimum atomic E-state index is -1.12. The number of amides is 1. The number of ether oxygens (including phenoxy) is 2. The molecule has 1 saturated heterocycles. The van der Waals surface area contributed by atoms with Crippen LogP contribution in [0.2, 0.25) is 0 Å². The molecule has 0 N–H and O–H groups in total. The first-order valence-electron chi connectivity index (χ1n) is 14.5. The second-order valence-corrected chi connectivity index (χ2v) is 11.7. The van der Waals surface area contributed by atoms with E-state index in [-0.39, 0.29) is 42.2 Å². The predicted molar refractivity (Wildman–Crippen MR) is 168 cm³/mol. The Bertz CT molecular complexity index is 1610. The number of alkyl halides is 1. The molecule has 226 valence electrons. The van der Waals surface area contributed by atoms with Crippen molar-refractivity contribution in [1.29, 1.82) is 0 Å². The molecule has 44 heavy (non-hydrogen) atoms. The molecule has 5 rings (SSSR count). The Hall–Kier alpha value is -4.49. The first-order chi connectivity index (χ1) is 21.2. The number of anilines is 1. The summed E-state index contributed by atoms with van der Waals surface area (Å²) < 4.78 is 24.9. The molecule has 1 fully saturated rings. The van der Waals surface area contributed by atoms with Crippen molar-refractivity contribution in [2.24, 2.45) is 5.92 Å². The molecule has 0 aliphatic carbocycles. The summed E-state index contributed by atoms with van der Waals surface area (Å²) in [5.41, 5.74) is 3.08. The summed E-state index contributed by atoms with van der Waals surface area (Å²) >= 11 is 5.86. The van der Waals surface area contributed by atoms with Gasteiger partial charge in [-0.25, -0.2) is 4.39 Å². The van der Waals surface area contributed by atoms with Gasteiger partial charge in [-0.2, -0.15) is 0 Å². The number of carbonyl (C=O) groups is 3. The topological polar surface area (TPSA) is 72.9 Å². The van der Waals surface area contributed by atoms with Crippen molar-refractivity contribution in [3.63, 3.8) is 0 Å². The summed E-state index contributed by atoms with van der Waals surface area (Å²) in [6.07, 6.45) is -1.06. The molecular weight excluding hydrogens is 581 g/mol. The molecule has 0 saturated carbocycles. The van der Waals surface area contributed by atoms with Crippen LogP contribution >= 0.6 is 11.6 Å². The number of hydrogen-bond acceptors (Lipinski definition) is 5. The van der Waals surface area contributed by atoms with Crippen molar-refractivity contribution in [2.75, 3.05) is 17.3 Å². The van der Waals surface area contributed by atoms with Crippen LogP contribution in [-0.2, 0) is 19.7 Å². The lowest BCUT2D eigenvalue weighted by molar-refractivity contribution is -0.151. The zero-order valence-corrected chi connectivity index (χ0v) is 25.3. The molecule has 2 atom stereocenters. The third-order valence-corrected chi connectivity index (χ3v) is 8.18. The van der Waals surface area contributed by atoms with Crippen LogP contribution in [0.1, 0.15) is 48.2 Å². The number of benzene rings is 4. The maximum absolute atomic E-state index is 13.3. The minimum absolute atomic E-state index is 0.0406. The van der Waals surface area contributed by atoms with Crippen molar-refractivity contribution in [3.05, 3.63) is 126 Å². The summed E-state index contributed by atoms with van der Waals surface area (Å²) in [6.45, 7) is 4.49. The Labute approximate surface area is 261 Å². The quantitative estimate of drug-likeness (QED) is 0.0984. The number of hydrogen-bond donors (Lipinski definition) is 0. The van der Waals surface area contributed by atoms with E-state index in [9.17, 15) is 18.8 Å². The molecule has 0 unspecified atom stereocenters. The first-order valence-corrected chi connectivity index (χ1v) is 15.0. The standard InChI is InChI=1S/C36H33ClFNO5/c1-36(2,26-6-4-3-5-7-26)27-10-16-30(17-11-27)43-31-18-14-29(15-19-31)39-23-25(22-33(39)40)35(42)44-32(20-21-37)34(41)24-8-12-28(38)13-9-24/h3-19,25,32H,20-23H2,1-2H3/t25-,32+/m0/s1. The average molecular weight is 614 g/mol. The van der Waals surface area contributed by atoms with Gasteiger partial charge in [0.25, 0.3) is 0 Å². The molecule has 6 nitrogen and oxygen atoms in total. The Morgan fingerprint density at radius 3 is 2.09 bits per heavy atom. The van der Waals surface area contributed by atoms with Crippen LogP contribution < -0.4 is 9.64 Å². The molecule has 1 aliphatic heterocycles. The normalized spacial score (nSPS) is 15.6. The Kier molecular flexibility index (Phi) is 9.45. The predicted octanol–water partition coefficient (Wildman–Crippen LogP) is 7.72. The lowest BCUT2D eigenvalue weighted by Gasteiger charge is -2.26. The molecule has 0 spiro atoms. The number of rotatable bonds is 11. The van der Waals surface area contributed by atoms with Crippen LogP contribution in [0.15, 0.2) is 103 Å². The highest BCUT2D eigenvalue weighted by Gasteiger charge is 2.38. The fourth-order valence-corrected chi connectivity index (χ4v) is 5.48. The van der Waals surface area contributed by atoms with Crippen LogP contribution in [0.25, 0.3) is 0 Å². The van der Waals surface area contributed by atoms with E-state index in [1.165, 1.54) is 40.3 Å². The maximum Gasteiger partial charge on any atom is 0.312 e. The van der Waals surface area contributed by atoms with E-state index in [1.54, 1.807) is 24.3 Å². The number of carbonyl (C=O) groups excluding carboxylic acids is 3. The second kappa shape index (κ2) is 13.4. The summed E-state index contributed by atoms with van der Waals surface area (Å²) in [6, 6.07) is 30.4. The fourth-order valence-electron chi connectivity index (χ4n) is 5.29. The lowest BCUT2D eigenvalue weighted by atomic mass is 9.78. The van der Waals surface area contributed by atoms with Crippen LogP contribution in [0, 0.1) is 11.7 Å². The average Bonchev–Trinajstić information content (AvgIpc) is 3.43. The molecule has 4 aromatic rings. The van der Waals surface area contributed by atoms with Gasteiger partial charge in [0.15, 0.2) is 6.10 Å². The molecule has 1 aliphatic rings. The molecular formula is C36H33ClFNO5. The molecule has 0 radical (unpaired) electrons. The third kappa shape index (κ3) is 7.00. The molecule has 1 amide bonds. The summed E-state index contributed by atoms with van der Waals surface area (Å²) in [7, 11) is 0. The van der Waals surface area contributed by atoms with Crippen molar-refractivity contribution >= 4 is 34.9 Å². The van der Waals surface area contributed by atoms with Gasteiger partial charge in [0.2, 0.25) is 11.7 Å². The van der Waals surface area contributed by atoms with Gasteiger partial charge in [-0.05, 0) is 71.8 Å². The number of nitrogens with zero attached hydrogens (tertiary/aromatic N) is 1. The lowest BCUT2D eigenvalue weighted by Crippen LogP contribution is -2.32. The fraction of sp³-hybridized carbons (Fsp3) is 0.250. The monoisotopic (exact) mass is 613 g/mol. The van der Waals surface area contributed by atoms with Gasteiger partial charge in [-0.3, -0.25) is 14.4 Å². The van der Waals surface area contributed by atoms with E-state index < -0.39 is 29.6 Å². The number of halogens is 2. The molecule has 0 bridgehead atoms. The maximum atomic E-state index is 13.3. The molecule has 8 heteroatoms. The van der Waals surface area contributed by atoms with Gasteiger partial charge in [-0.15, -0.1) is 11.6 Å². The van der Waals surface area contributed by atoms with Gasteiger partial charge >= 0.3 is 5.97 Å². The third-order valence-electron chi connectivity index (χ3n) is 7.96. The smallest absolute Gasteiger partial charge is 0.312 e. The molecule has 0 aromatic heterocycles. The Balaban J connectivity index is 1.19. The van der Waals surface area contributed by atoms with E-state index in [2.05, 4.69) is 38.1 Å². The van der Waals surface area contributed by atoms with Crippen LogP contribution in [0.4, 0.5) is 10.1 Å². The summed E-state index contributed by atoms with van der Waals surface area (Å²) in [5.74, 6) is -1.18. The van der Waals surface area contributed by atoms with Crippen LogP contribution in [-0.4, -0.2) is 36.2 Å². The number of Topliss-reactive ketones (excluding diaryl/α,β-unsaturated/α-hetero) is 1. The summed E-state index contributed by atoms with van der Waals surface area (Å²) in [4.78, 5) is 40.2. The van der Waals surface area contributed by atoms with E-state index in [1.807, 2.05) is 30.3 Å². The Morgan fingerprint density at radius 1 is 0.886 bits per heavy atom. The van der Waals surface area contributed by atoms with Crippen LogP contribution in [0.5, 0.6) is 11.5 Å². The van der Waals surface area contributed by atoms with E-state index in [4.69, 9.17) is 21.1 Å². The van der Waals surface area contributed by atoms with E-state index in [0.717, 1.165) is 0 Å². The second-order valence-electron chi connectivity index (χ2n) is 11.3. The largest absolute Gasteiger partial charge is 0.457 e. The van der Waals surface area contributed by atoms with Crippen molar-refractivity contribution in [3.8, 4) is 11.5 Å². The first kappa shape index (κ1) is 31.0. The highest BCUT2D eigenvalue weighted by atomic mass is 35.5. The van der Waals surface area contributed by atoms with Gasteiger partial charge in [0.05, 0.1) is 5.92 Å². The molecule has 4 aromatic carbocycles. The van der Waals surface area contributed by atoms with Gasteiger partial charge in [0, 0.05) is 41.9 Å². The highest BCUT2D eigenvalue weighted by molar-refractivity contribution is 6.18. The Morgan fingerprint density at radius 2 is 1.48 bits per heavy atom. The van der Waals surface area contributed by atoms with Gasteiger partial charge in [0.1, 0.15) is 17.3 Å². The molecule has 1 heterocycles. The van der Waals surface area contributed by atoms with Crippen molar-refractivity contribution in [1.82, 2.24) is 0 Å². The van der Waals surface area contributed by atoms with E-state index >= 15 is 0 Å². The zero-order chi connectivity index (χ0) is 31.3. The van der Waals surface area contributed by atoms with Crippen LogP contribution in [0.3, 0.4) is 0 Å². The van der Waals surface area contributed by atoms with Gasteiger partial charge < -0.3 is 14.4 Å². The highest BCUT2D eigenvalue weighted by Crippen LogP contribution is 2.34.